The van der Waals surface area contributed by atoms with Crippen LogP contribution in [0.15, 0.2) is 30.6 Å². The number of aromatic amines is 1. The normalized spacial score (nSPS) is 16.4. The van der Waals surface area contributed by atoms with E-state index in [0.717, 1.165) is 12.8 Å². The van der Waals surface area contributed by atoms with Crippen LogP contribution in [0.2, 0.25) is 0 Å². The van der Waals surface area contributed by atoms with Crippen LogP contribution in [0.4, 0.5) is 10.1 Å². The molecule has 3 aromatic rings. The minimum atomic E-state index is -0.684. The van der Waals surface area contributed by atoms with Gasteiger partial charge in [-0.3, -0.25) is 10.2 Å². The van der Waals surface area contributed by atoms with Gasteiger partial charge in [-0.25, -0.2) is 14.4 Å². The van der Waals surface area contributed by atoms with Crippen LogP contribution in [0, 0.1) is 17.1 Å². The average Bonchev–Trinajstić information content (AvgIpc) is 3.27. The number of aliphatic hydroxyl groups is 1. The molecule has 1 aromatic carbocycles. The molecule has 10 heteroatoms. The summed E-state index contributed by atoms with van der Waals surface area (Å²) in [6, 6.07) is 3.62. The lowest BCUT2D eigenvalue weighted by molar-refractivity contribution is -0.00424. The van der Waals surface area contributed by atoms with Crippen molar-refractivity contribution in [2.75, 3.05) is 25.6 Å². The Hall–Kier alpha value is -3.37. The average molecular weight is 455 g/mol. The highest BCUT2D eigenvalue weighted by molar-refractivity contribution is 6.14. The first-order chi connectivity index (χ1) is 15.9. The predicted octanol–water partition coefficient (Wildman–Crippen LogP) is 2.46. The molecule has 0 bridgehead atoms. The molecule has 2 unspecified atom stereocenters. The molecule has 5 N–H and O–H groups in total. The Bertz CT molecular complexity index is 1170. The second kappa shape index (κ2) is 9.63. The molecule has 33 heavy (non-hydrogen) atoms. The number of anilines is 1. The fourth-order valence-corrected chi connectivity index (χ4v) is 4.10. The zero-order valence-electron chi connectivity index (χ0n) is 18.5. The smallest absolute Gasteiger partial charge is 0.255 e. The summed E-state index contributed by atoms with van der Waals surface area (Å²) in [5.74, 6) is -0.740. The first-order valence-corrected chi connectivity index (χ1v) is 10.9. The summed E-state index contributed by atoms with van der Waals surface area (Å²) in [5.41, 5.74) is 2.19. The van der Waals surface area contributed by atoms with E-state index in [4.69, 9.17) is 10.1 Å². The number of carbonyl (C=O) groups excluding carboxylic acids is 1. The van der Waals surface area contributed by atoms with Crippen LogP contribution in [0.1, 0.15) is 41.4 Å². The number of amides is 1. The van der Waals surface area contributed by atoms with E-state index in [0.29, 0.717) is 35.6 Å². The Morgan fingerprint density at radius 2 is 2.09 bits per heavy atom. The van der Waals surface area contributed by atoms with Gasteiger partial charge in [-0.15, -0.1) is 0 Å². The molecule has 3 heterocycles. The number of rotatable bonds is 7. The van der Waals surface area contributed by atoms with Gasteiger partial charge in [0.1, 0.15) is 17.0 Å². The van der Waals surface area contributed by atoms with Crippen molar-refractivity contribution < 1.29 is 19.0 Å². The van der Waals surface area contributed by atoms with Crippen LogP contribution in [0.3, 0.4) is 0 Å². The third-order valence-corrected chi connectivity index (χ3v) is 6.02. The lowest BCUT2D eigenvalue weighted by atomic mass is 9.90. The number of hydrogen-bond donors (Lipinski definition) is 5. The Balaban J connectivity index is 1.56. The number of nitrogens with one attached hydrogen (secondary N) is 4. The number of ether oxygens (including phenoxy) is 1. The third kappa shape index (κ3) is 4.71. The van der Waals surface area contributed by atoms with E-state index in [1.165, 1.54) is 30.6 Å². The van der Waals surface area contributed by atoms with Crippen molar-refractivity contribution in [3.8, 4) is 0 Å². The SMILES string of the molecule is CNc1cc(F)ccc1C(=N)c1cnc2[nH]cc(C(=O)NC(C)C(O)C3CCOCC3)c2n1. The molecule has 0 radical (unpaired) electrons. The second-order valence-electron chi connectivity index (χ2n) is 8.17. The molecule has 1 fully saturated rings. The highest BCUT2D eigenvalue weighted by atomic mass is 19.1. The van der Waals surface area contributed by atoms with Crippen LogP contribution in [0.5, 0.6) is 0 Å². The number of carbonyl (C=O) groups is 1. The van der Waals surface area contributed by atoms with Crippen molar-refractivity contribution in [1.29, 1.82) is 5.41 Å². The molecular formula is C23H27FN6O3. The Labute approximate surface area is 190 Å². The Morgan fingerprint density at radius 3 is 2.82 bits per heavy atom. The number of fused-ring (bicyclic) bond motifs is 1. The highest BCUT2D eigenvalue weighted by Crippen LogP contribution is 2.23. The van der Waals surface area contributed by atoms with Crippen LogP contribution >= 0.6 is 0 Å². The molecule has 0 aliphatic carbocycles. The van der Waals surface area contributed by atoms with E-state index in [1.54, 1.807) is 14.0 Å². The van der Waals surface area contributed by atoms with Crippen molar-refractivity contribution in [2.24, 2.45) is 5.92 Å². The topological polar surface area (TPSA) is 136 Å². The van der Waals surface area contributed by atoms with Gasteiger partial charge in [0.25, 0.3) is 5.91 Å². The fourth-order valence-electron chi connectivity index (χ4n) is 4.10. The van der Waals surface area contributed by atoms with Gasteiger partial charge in [0.15, 0.2) is 5.65 Å². The fraction of sp³-hybridized carbons (Fsp3) is 0.391. The molecule has 1 aliphatic heterocycles. The first kappa shape index (κ1) is 22.8. The Morgan fingerprint density at radius 1 is 1.33 bits per heavy atom. The maximum Gasteiger partial charge on any atom is 0.255 e. The van der Waals surface area contributed by atoms with Crippen molar-refractivity contribution in [2.45, 2.75) is 31.9 Å². The lowest BCUT2D eigenvalue weighted by Crippen LogP contribution is -2.45. The molecule has 1 saturated heterocycles. The maximum absolute atomic E-state index is 13.6. The van der Waals surface area contributed by atoms with E-state index >= 15 is 0 Å². The van der Waals surface area contributed by atoms with Crippen LogP contribution in [-0.4, -0.2) is 64.1 Å². The molecule has 0 saturated carbocycles. The van der Waals surface area contributed by atoms with E-state index in [2.05, 4.69) is 25.6 Å². The number of aliphatic hydroxyl groups excluding tert-OH is 1. The summed E-state index contributed by atoms with van der Waals surface area (Å²) in [4.78, 5) is 24.7. The minimum Gasteiger partial charge on any atom is -0.391 e. The molecule has 9 nitrogen and oxygen atoms in total. The summed E-state index contributed by atoms with van der Waals surface area (Å²) in [5, 5.41) is 24.9. The first-order valence-electron chi connectivity index (χ1n) is 10.9. The van der Waals surface area contributed by atoms with Gasteiger partial charge in [0.2, 0.25) is 0 Å². The number of benzene rings is 1. The van der Waals surface area contributed by atoms with E-state index in [9.17, 15) is 14.3 Å². The summed E-state index contributed by atoms with van der Waals surface area (Å²) in [6.45, 7) is 2.99. The van der Waals surface area contributed by atoms with Crippen molar-refractivity contribution in [3.63, 3.8) is 0 Å². The van der Waals surface area contributed by atoms with E-state index < -0.39 is 23.9 Å². The monoisotopic (exact) mass is 454 g/mol. The largest absolute Gasteiger partial charge is 0.391 e. The number of hydrogen-bond acceptors (Lipinski definition) is 7. The van der Waals surface area contributed by atoms with Gasteiger partial charge in [0, 0.05) is 37.7 Å². The Kier molecular flexibility index (Phi) is 6.66. The molecule has 1 amide bonds. The molecule has 0 spiro atoms. The number of nitrogens with zero attached hydrogens (tertiary/aromatic N) is 2. The van der Waals surface area contributed by atoms with Gasteiger partial charge in [-0.05, 0) is 43.9 Å². The third-order valence-electron chi connectivity index (χ3n) is 6.02. The molecular weight excluding hydrogens is 427 g/mol. The highest BCUT2D eigenvalue weighted by Gasteiger charge is 2.28. The molecule has 1 aliphatic rings. The van der Waals surface area contributed by atoms with E-state index in [1.807, 2.05) is 0 Å². The quantitative estimate of drug-likeness (QED) is 0.348. The van der Waals surface area contributed by atoms with Gasteiger partial charge in [-0.1, -0.05) is 0 Å². The van der Waals surface area contributed by atoms with Crippen LogP contribution in [-0.2, 0) is 4.74 Å². The minimum absolute atomic E-state index is 0.0459. The predicted molar refractivity (Wildman–Crippen MR) is 122 cm³/mol. The molecule has 174 valence electrons. The summed E-state index contributed by atoms with van der Waals surface area (Å²) >= 11 is 0. The lowest BCUT2D eigenvalue weighted by Gasteiger charge is -2.30. The zero-order chi connectivity index (χ0) is 23.5. The van der Waals surface area contributed by atoms with Crippen LogP contribution < -0.4 is 10.6 Å². The van der Waals surface area contributed by atoms with Gasteiger partial charge >= 0.3 is 0 Å². The van der Waals surface area contributed by atoms with Crippen LogP contribution in [0.25, 0.3) is 11.2 Å². The number of H-pyrrole nitrogens is 1. The van der Waals surface area contributed by atoms with Gasteiger partial charge < -0.3 is 25.5 Å². The number of halogens is 1. The molecule has 4 rings (SSSR count). The summed E-state index contributed by atoms with van der Waals surface area (Å²) in [6.07, 6.45) is 3.77. The zero-order valence-corrected chi connectivity index (χ0v) is 18.5. The van der Waals surface area contributed by atoms with Gasteiger partial charge in [-0.2, -0.15) is 0 Å². The molecule has 2 aromatic heterocycles. The van der Waals surface area contributed by atoms with Crippen molar-refractivity contribution >= 4 is 28.5 Å². The summed E-state index contributed by atoms with van der Waals surface area (Å²) in [7, 11) is 1.64. The van der Waals surface area contributed by atoms with Crippen molar-refractivity contribution in [3.05, 3.63) is 53.2 Å². The number of aromatic nitrogens is 3. The molecule has 2 atom stereocenters. The summed E-state index contributed by atoms with van der Waals surface area (Å²) < 4.78 is 18.9. The van der Waals surface area contributed by atoms with E-state index in [-0.39, 0.29) is 22.9 Å². The maximum atomic E-state index is 13.6. The second-order valence-corrected chi connectivity index (χ2v) is 8.17. The van der Waals surface area contributed by atoms with Crippen molar-refractivity contribution in [1.82, 2.24) is 20.3 Å². The standard InChI is InChI=1S/C23H27FN6O3/c1-12(21(31)13-5-7-33-8-6-13)29-23(32)16-10-27-22-20(16)30-18(11-28-22)19(25)15-4-3-14(24)9-17(15)26-2/h3-4,9-13,21,25-26,31H,5-8H2,1-2H3,(H,27,28)(H,29,32). The van der Waals surface area contributed by atoms with Gasteiger partial charge in [0.05, 0.1) is 29.6 Å².